The molecule has 41 heavy (non-hydrogen) atoms. The second-order valence-electron chi connectivity index (χ2n) is 10.4. The number of piperazine rings is 1. The van der Waals surface area contributed by atoms with Crippen LogP contribution in [0.5, 0.6) is 0 Å². The van der Waals surface area contributed by atoms with Gasteiger partial charge in [0.25, 0.3) is 11.8 Å². The summed E-state index contributed by atoms with van der Waals surface area (Å²) in [6.45, 7) is 7.20. The Hall–Kier alpha value is -3.17. The van der Waals surface area contributed by atoms with Crippen molar-refractivity contribution < 1.29 is 14.7 Å². The summed E-state index contributed by atoms with van der Waals surface area (Å²) in [5, 5.41) is 21.5. The summed E-state index contributed by atoms with van der Waals surface area (Å²) in [5.41, 5.74) is 7.19. The van der Waals surface area contributed by atoms with Crippen LogP contribution in [0, 0.1) is 11.3 Å². The Morgan fingerprint density at radius 2 is 1.95 bits per heavy atom. The van der Waals surface area contributed by atoms with Crippen molar-refractivity contribution in [2.75, 3.05) is 56.5 Å². The minimum atomic E-state index is -0.537. The third kappa shape index (κ3) is 6.84. The van der Waals surface area contributed by atoms with Crippen LogP contribution in [-0.4, -0.2) is 94.6 Å². The summed E-state index contributed by atoms with van der Waals surface area (Å²) < 4.78 is 0. The van der Waals surface area contributed by atoms with Crippen molar-refractivity contribution in [3.63, 3.8) is 0 Å². The second kappa shape index (κ2) is 13.7. The van der Waals surface area contributed by atoms with Gasteiger partial charge in [-0.25, -0.2) is 9.97 Å². The summed E-state index contributed by atoms with van der Waals surface area (Å²) in [6, 6.07) is 7.92. The van der Waals surface area contributed by atoms with Crippen molar-refractivity contribution >= 4 is 46.7 Å². The molecule has 2 aromatic rings. The van der Waals surface area contributed by atoms with Gasteiger partial charge in [0.1, 0.15) is 0 Å². The zero-order chi connectivity index (χ0) is 29.7. The lowest BCUT2D eigenvalue weighted by Gasteiger charge is -2.47. The zero-order valence-electron chi connectivity index (χ0n) is 23.3. The molecule has 2 saturated heterocycles. The van der Waals surface area contributed by atoms with Gasteiger partial charge in [0.05, 0.1) is 18.6 Å². The molecule has 2 amide bonds. The quantitative estimate of drug-likeness (QED) is 0.414. The molecule has 2 aliphatic heterocycles. The van der Waals surface area contributed by atoms with Gasteiger partial charge in [-0.15, -0.1) is 0 Å². The molecule has 4 rings (SSSR count). The van der Waals surface area contributed by atoms with E-state index in [1.165, 1.54) is 0 Å². The summed E-state index contributed by atoms with van der Waals surface area (Å²) in [4.78, 5) is 40.8. The van der Waals surface area contributed by atoms with Gasteiger partial charge in [0.2, 0.25) is 0 Å². The highest BCUT2D eigenvalue weighted by Crippen LogP contribution is 2.31. The van der Waals surface area contributed by atoms with Gasteiger partial charge in [0, 0.05) is 61.9 Å². The Morgan fingerprint density at radius 3 is 2.61 bits per heavy atom. The molecule has 11 nitrogen and oxygen atoms in total. The minimum absolute atomic E-state index is 0.0136. The van der Waals surface area contributed by atoms with Crippen molar-refractivity contribution in [1.29, 1.82) is 5.26 Å². The van der Waals surface area contributed by atoms with Crippen molar-refractivity contribution in [2.24, 2.45) is 0 Å². The SMILES string of the molecule is CC[C@H]1CN(c2nc(N)c(C(=O)NCCO)nc2Cl)CCN1C1CCN(C(=O)c2ccc(Cl)cc2C(C)C#N)CC1. The molecule has 2 atom stereocenters. The van der Waals surface area contributed by atoms with Gasteiger partial charge in [-0.1, -0.05) is 30.1 Å². The monoisotopic (exact) mass is 602 g/mol. The number of aromatic nitrogens is 2. The lowest BCUT2D eigenvalue weighted by molar-refractivity contribution is 0.0490. The molecule has 0 bridgehead atoms. The zero-order valence-corrected chi connectivity index (χ0v) is 24.8. The maximum absolute atomic E-state index is 13.4. The van der Waals surface area contributed by atoms with E-state index in [0.717, 1.165) is 25.8 Å². The first-order valence-electron chi connectivity index (χ1n) is 13.9. The fourth-order valence-electron chi connectivity index (χ4n) is 5.67. The Morgan fingerprint density at radius 1 is 1.22 bits per heavy atom. The van der Waals surface area contributed by atoms with Crippen molar-refractivity contribution in [3.8, 4) is 6.07 Å². The minimum Gasteiger partial charge on any atom is -0.395 e. The molecule has 1 aromatic heterocycles. The van der Waals surface area contributed by atoms with E-state index >= 15 is 0 Å². The molecular weight excluding hydrogens is 567 g/mol. The third-order valence-electron chi connectivity index (χ3n) is 7.90. The van der Waals surface area contributed by atoms with E-state index in [4.69, 9.17) is 34.0 Å². The van der Waals surface area contributed by atoms with Crippen LogP contribution in [0.4, 0.5) is 11.6 Å². The number of likely N-dealkylation sites (tertiary alicyclic amines) is 1. The number of nitrogens with two attached hydrogens (primary N) is 1. The van der Waals surface area contributed by atoms with Gasteiger partial charge in [-0.3, -0.25) is 14.5 Å². The molecule has 0 spiro atoms. The van der Waals surface area contributed by atoms with E-state index in [9.17, 15) is 14.9 Å². The fraction of sp³-hybridized carbons (Fsp3) is 0.536. The standard InChI is InChI=1S/C28H36Cl2N8O3/c1-3-19-16-37(26-24(30)34-23(25(32)35-26)27(40)33-8-13-39)11-12-38(19)20-6-9-36(10-7-20)28(41)21-5-4-18(29)14-22(21)17(2)15-31/h4-5,14,17,19-20,39H,3,6-13,16H2,1-2H3,(H2,32,35)(H,33,40)/t17?,19-/m0/s1. The number of piperidine rings is 1. The molecule has 220 valence electrons. The fourth-order valence-corrected chi connectivity index (χ4v) is 6.10. The average molecular weight is 604 g/mol. The molecule has 0 radical (unpaired) electrons. The summed E-state index contributed by atoms with van der Waals surface area (Å²) >= 11 is 12.6. The molecule has 4 N–H and O–H groups in total. The molecule has 13 heteroatoms. The number of hydrogen-bond donors (Lipinski definition) is 3. The summed E-state index contributed by atoms with van der Waals surface area (Å²) in [6.07, 6.45) is 2.62. The number of hydrogen-bond acceptors (Lipinski definition) is 9. The number of aliphatic hydroxyl groups is 1. The largest absolute Gasteiger partial charge is 0.395 e. The third-order valence-corrected chi connectivity index (χ3v) is 8.39. The highest BCUT2D eigenvalue weighted by molar-refractivity contribution is 6.32. The van der Waals surface area contributed by atoms with Gasteiger partial charge in [0.15, 0.2) is 22.5 Å². The molecule has 3 heterocycles. The van der Waals surface area contributed by atoms with E-state index in [-0.39, 0.29) is 41.8 Å². The lowest BCUT2D eigenvalue weighted by atomic mass is 9.94. The number of nitriles is 1. The van der Waals surface area contributed by atoms with Crippen LogP contribution in [0.25, 0.3) is 0 Å². The number of benzene rings is 1. The smallest absolute Gasteiger partial charge is 0.273 e. The number of anilines is 2. The number of nitrogen functional groups attached to an aromatic ring is 1. The number of nitrogens with one attached hydrogen (secondary N) is 1. The second-order valence-corrected chi connectivity index (χ2v) is 11.2. The number of aliphatic hydroxyl groups excluding tert-OH is 1. The van der Waals surface area contributed by atoms with Gasteiger partial charge in [-0.2, -0.15) is 5.26 Å². The van der Waals surface area contributed by atoms with E-state index < -0.39 is 11.8 Å². The van der Waals surface area contributed by atoms with Gasteiger partial charge < -0.3 is 26.0 Å². The van der Waals surface area contributed by atoms with E-state index in [2.05, 4.69) is 38.1 Å². The Balaban J connectivity index is 1.40. The normalized spacial score (nSPS) is 19.1. The van der Waals surface area contributed by atoms with Crippen LogP contribution >= 0.6 is 23.2 Å². The van der Waals surface area contributed by atoms with Crippen LogP contribution in [0.3, 0.4) is 0 Å². The van der Waals surface area contributed by atoms with E-state index in [1.54, 1.807) is 25.1 Å². The molecule has 1 unspecified atom stereocenters. The number of halogens is 2. The van der Waals surface area contributed by atoms with E-state index in [1.807, 2.05) is 4.90 Å². The highest BCUT2D eigenvalue weighted by Gasteiger charge is 2.35. The molecule has 1 aromatic carbocycles. The van der Waals surface area contributed by atoms with Crippen LogP contribution in [0.1, 0.15) is 65.4 Å². The van der Waals surface area contributed by atoms with Crippen LogP contribution < -0.4 is 16.0 Å². The first-order valence-corrected chi connectivity index (χ1v) is 14.6. The predicted molar refractivity (Wildman–Crippen MR) is 158 cm³/mol. The number of carbonyl (C=O) groups excluding carboxylic acids is 2. The average Bonchev–Trinajstić information content (AvgIpc) is 2.99. The van der Waals surface area contributed by atoms with Gasteiger partial charge >= 0.3 is 0 Å². The molecule has 0 saturated carbocycles. The number of amides is 2. The van der Waals surface area contributed by atoms with Crippen molar-refractivity contribution in [1.82, 2.24) is 25.1 Å². The molecule has 2 aliphatic rings. The Kier molecular flexibility index (Phi) is 10.3. The van der Waals surface area contributed by atoms with Gasteiger partial charge in [-0.05, 0) is 49.9 Å². The number of carbonyl (C=O) groups is 2. The maximum atomic E-state index is 13.4. The van der Waals surface area contributed by atoms with Crippen LogP contribution in [0.2, 0.25) is 10.2 Å². The maximum Gasteiger partial charge on any atom is 0.273 e. The summed E-state index contributed by atoms with van der Waals surface area (Å²) in [7, 11) is 0. The molecule has 2 fully saturated rings. The summed E-state index contributed by atoms with van der Waals surface area (Å²) in [5.74, 6) is -0.592. The van der Waals surface area contributed by atoms with Crippen molar-refractivity contribution in [3.05, 3.63) is 45.2 Å². The Labute approximate surface area is 250 Å². The predicted octanol–water partition coefficient (Wildman–Crippen LogP) is 2.92. The number of nitrogens with zero attached hydrogens (tertiary/aromatic N) is 6. The number of rotatable bonds is 8. The molecule has 0 aliphatic carbocycles. The van der Waals surface area contributed by atoms with Crippen LogP contribution in [0.15, 0.2) is 18.2 Å². The Bertz CT molecular complexity index is 1310. The van der Waals surface area contributed by atoms with Crippen LogP contribution in [-0.2, 0) is 0 Å². The lowest BCUT2D eigenvalue weighted by Crippen LogP contribution is -2.58. The van der Waals surface area contributed by atoms with Crippen molar-refractivity contribution in [2.45, 2.75) is 51.1 Å². The highest BCUT2D eigenvalue weighted by atomic mass is 35.5. The topological polar surface area (TPSA) is 152 Å². The first-order chi connectivity index (χ1) is 19.7. The van der Waals surface area contributed by atoms with E-state index in [0.29, 0.717) is 54.2 Å². The molecular formula is C28H36Cl2N8O3. The first kappa shape index (κ1) is 30.8.